The van der Waals surface area contributed by atoms with Gasteiger partial charge in [0.25, 0.3) is 0 Å². The van der Waals surface area contributed by atoms with Crippen LogP contribution in [0, 0.1) is 17.2 Å². The van der Waals surface area contributed by atoms with Crippen LogP contribution < -0.4 is 0 Å². The van der Waals surface area contributed by atoms with E-state index >= 15 is 0 Å². The molecule has 0 aromatic rings. The summed E-state index contributed by atoms with van der Waals surface area (Å²) in [6.45, 7) is 9.19. The van der Waals surface area contributed by atoms with Gasteiger partial charge in [-0.3, -0.25) is 14.5 Å². The molecule has 2 amide bonds. The first kappa shape index (κ1) is 18.4. The lowest BCUT2D eigenvalue weighted by Gasteiger charge is -2.30. The van der Waals surface area contributed by atoms with Gasteiger partial charge in [-0.1, -0.05) is 13.8 Å². The molecule has 0 aliphatic carbocycles. The summed E-state index contributed by atoms with van der Waals surface area (Å²) in [5.41, 5.74) is 0. The minimum absolute atomic E-state index is 0.0164. The van der Waals surface area contributed by atoms with Gasteiger partial charge in [-0.25, -0.2) is 0 Å². The Labute approximate surface area is 133 Å². The molecule has 1 aliphatic rings. The van der Waals surface area contributed by atoms with E-state index in [1.807, 2.05) is 25.7 Å². The van der Waals surface area contributed by atoms with Crippen LogP contribution in [0.1, 0.15) is 33.6 Å². The fraction of sp³-hybridized carbons (Fsp3) is 0.812. The van der Waals surface area contributed by atoms with Gasteiger partial charge in [0.2, 0.25) is 11.8 Å². The first-order valence-corrected chi connectivity index (χ1v) is 8.03. The van der Waals surface area contributed by atoms with E-state index in [0.29, 0.717) is 19.5 Å². The number of nitrogens with zero attached hydrogens (tertiary/aromatic N) is 4. The molecule has 1 saturated heterocycles. The van der Waals surface area contributed by atoms with Crippen molar-refractivity contribution in [3.8, 4) is 6.07 Å². The molecule has 1 atom stereocenters. The predicted octanol–water partition coefficient (Wildman–Crippen LogP) is 0.937. The first-order valence-electron chi connectivity index (χ1n) is 8.03. The van der Waals surface area contributed by atoms with Gasteiger partial charge in [0.1, 0.15) is 0 Å². The highest BCUT2D eigenvalue weighted by Crippen LogP contribution is 2.11. The van der Waals surface area contributed by atoms with Crippen molar-refractivity contribution in [2.75, 3.05) is 39.8 Å². The van der Waals surface area contributed by atoms with E-state index in [1.54, 1.807) is 11.9 Å². The summed E-state index contributed by atoms with van der Waals surface area (Å²) in [6, 6.07) is 1.85. The van der Waals surface area contributed by atoms with Crippen LogP contribution in [0.2, 0.25) is 0 Å². The number of hydrogen-bond donors (Lipinski definition) is 0. The summed E-state index contributed by atoms with van der Waals surface area (Å²) >= 11 is 0. The molecule has 1 aliphatic heterocycles. The summed E-state index contributed by atoms with van der Waals surface area (Å²) < 4.78 is 0. The van der Waals surface area contributed by atoms with Crippen LogP contribution in [0.25, 0.3) is 0 Å². The summed E-state index contributed by atoms with van der Waals surface area (Å²) in [5, 5.41) is 8.61. The van der Waals surface area contributed by atoms with Gasteiger partial charge >= 0.3 is 0 Å². The zero-order valence-corrected chi connectivity index (χ0v) is 14.2. The largest absolute Gasteiger partial charge is 0.343 e. The molecule has 0 radical (unpaired) electrons. The number of carbonyl (C=O) groups is 2. The molecule has 0 unspecified atom stereocenters. The van der Waals surface area contributed by atoms with Crippen molar-refractivity contribution < 1.29 is 9.59 Å². The van der Waals surface area contributed by atoms with Gasteiger partial charge in [0.05, 0.1) is 18.5 Å². The van der Waals surface area contributed by atoms with E-state index in [9.17, 15) is 9.59 Å². The van der Waals surface area contributed by atoms with Crippen molar-refractivity contribution in [1.29, 1.82) is 5.26 Å². The molecule has 0 saturated carbocycles. The maximum absolute atomic E-state index is 12.4. The summed E-state index contributed by atoms with van der Waals surface area (Å²) in [4.78, 5) is 30.1. The van der Waals surface area contributed by atoms with E-state index in [-0.39, 0.29) is 23.8 Å². The van der Waals surface area contributed by atoms with Gasteiger partial charge < -0.3 is 9.80 Å². The smallest absolute Gasteiger partial charge is 0.239 e. The highest BCUT2D eigenvalue weighted by atomic mass is 16.2. The quantitative estimate of drug-likeness (QED) is 0.758. The number of nitriles is 1. The molecule has 0 aromatic heterocycles. The van der Waals surface area contributed by atoms with Crippen molar-refractivity contribution in [2.45, 2.75) is 39.7 Å². The van der Waals surface area contributed by atoms with E-state index in [2.05, 4.69) is 11.0 Å². The Kier molecular flexibility index (Phi) is 7.33. The highest BCUT2D eigenvalue weighted by Gasteiger charge is 2.27. The Morgan fingerprint density at radius 3 is 2.45 bits per heavy atom. The first-order chi connectivity index (χ1) is 10.4. The third-order valence-corrected chi connectivity index (χ3v) is 4.18. The van der Waals surface area contributed by atoms with Crippen molar-refractivity contribution in [3.63, 3.8) is 0 Å². The average Bonchev–Trinajstić information content (AvgIpc) is 2.76. The van der Waals surface area contributed by atoms with Crippen LogP contribution >= 0.6 is 0 Å². The monoisotopic (exact) mass is 308 g/mol. The third kappa shape index (κ3) is 4.99. The zero-order chi connectivity index (χ0) is 16.7. The normalized spacial score (nSPS) is 17.7. The Morgan fingerprint density at radius 2 is 1.86 bits per heavy atom. The van der Waals surface area contributed by atoms with Gasteiger partial charge in [-0.05, 0) is 13.3 Å². The SMILES string of the molecule is CC(C)C(=O)N1CCCN([C@H](C)C(=O)N(C)CCC#N)CC1. The van der Waals surface area contributed by atoms with Crippen LogP contribution in [0.5, 0.6) is 0 Å². The second kappa shape index (κ2) is 8.74. The van der Waals surface area contributed by atoms with Gasteiger partial charge in [-0.15, -0.1) is 0 Å². The number of hydrogen-bond acceptors (Lipinski definition) is 4. The number of rotatable bonds is 5. The molecule has 0 N–H and O–H groups in total. The topological polar surface area (TPSA) is 67.7 Å². The zero-order valence-electron chi connectivity index (χ0n) is 14.2. The Balaban J connectivity index is 2.57. The number of amides is 2. The molecule has 6 heteroatoms. The minimum atomic E-state index is -0.210. The predicted molar refractivity (Wildman–Crippen MR) is 84.9 cm³/mol. The van der Waals surface area contributed by atoms with Crippen molar-refractivity contribution >= 4 is 11.8 Å². The van der Waals surface area contributed by atoms with E-state index < -0.39 is 0 Å². The molecule has 124 valence electrons. The Bertz CT molecular complexity index is 430. The molecule has 0 bridgehead atoms. The molecular weight excluding hydrogens is 280 g/mol. The standard InChI is InChI=1S/C16H28N4O2/c1-13(2)15(21)20-10-6-9-19(11-12-20)14(3)16(22)18(4)8-5-7-17/h13-14H,5-6,8-12H2,1-4H3/t14-/m1/s1. The maximum Gasteiger partial charge on any atom is 0.239 e. The molecular formula is C16H28N4O2. The van der Waals surface area contributed by atoms with Crippen LogP contribution in [-0.4, -0.2) is 72.3 Å². The third-order valence-electron chi connectivity index (χ3n) is 4.18. The van der Waals surface area contributed by atoms with Gasteiger partial charge in [-0.2, -0.15) is 5.26 Å². The summed E-state index contributed by atoms with van der Waals surface area (Å²) in [6.07, 6.45) is 1.24. The summed E-state index contributed by atoms with van der Waals surface area (Å²) in [5.74, 6) is 0.244. The van der Waals surface area contributed by atoms with Crippen molar-refractivity contribution in [1.82, 2.24) is 14.7 Å². The van der Waals surface area contributed by atoms with E-state index in [1.165, 1.54) is 0 Å². The fourth-order valence-electron chi connectivity index (χ4n) is 2.71. The van der Waals surface area contributed by atoms with Crippen molar-refractivity contribution in [3.05, 3.63) is 0 Å². The second-order valence-electron chi connectivity index (χ2n) is 6.21. The van der Waals surface area contributed by atoms with Gasteiger partial charge in [0, 0.05) is 45.7 Å². The van der Waals surface area contributed by atoms with Gasteiger partial charge in [0.15, 0.2) is 0 Å². The summed E-state index contributed by atoms with van der Waals surface area (Å²) in [7, 11) is 1.74. The van der Waals surface area contributed by atoms with Crippen LogP contribution in [-0.2, 0) is 9.59 Å². The number of likely N-dealkylation sites (N-methyl/N-ethyl adjacent to an activating group) is 1. The van der Waals surface area contributed by atoms with E-state index in [0.717, 1.165) is 26.1 Å². The molecule has 1 rings (SSSR count). The van der Waals surface area contributed by atoms with Crippen LogP contribution in [0.4, 0.5) is 0 Å². The molecule has 22 heavy (non-hydrogen) atoms. The van der Waals surface area contributed by atoms with Crippen LogP contribution in [0.15, 0.2) is 0 Å². The highest BCUT2D eigenvalue weighted by molar-refractivity contribution is 5.81. The lowest BCUT2D eigenvalue weighted by Crippen LogP contribution is -2.47. The fourth-order valence-corrected chi connectivity index (χ4v) is 2.71. The van der Waals surface area contributed by atoms with Crippen LogP contribution in [0.3, 0.4) is 0 Å². The second-order valence-corrected chi connectivity index (χ2v) is 6.21. The molecule has 0 aromatic carbocycles. The Morgan fingerprint density at radius 1 is 1.18 bits per heavy atom. The van der Waals surface area contributed by atoms with Crippen molar-refractivity contribution in [2.24, 2.45) is 5.92 Å². The molecule has 6 nitrogen and oxygen atoms in total. The lowest BCUT2D eigenvalue weighted by atomic mass is 10.2. The number of carbonyl (C=O) groups excluding carboxylic acids is 2. The molecule has 1 fully saturated rings. The maximum atomic E-state index is 12.4. The molecule has 0 spiro atoms. The molecule has 1 heterocycles. The minimum Gasteiger partial charge on any atom is -0.343 e. The van der Waals surface area contributed by atoms with E-state index in [4.69, 9.17) is 5.26 Å². The Hall–Kier alpha value is -1.61. The lowest BCUT2D eigenvalue weighted by molar-refractivity contribution is -0.135. The average molecular weight is 308 g/mol.